The van der Waals surface area contributed by atoms with Crippen molar-refractivity contribution in [2.45, 2.75) is 151 Å². The number of carbonyl (C=O) groups excluding carboxylic acids is 6. The molecular weight excluding hydrogens is 779 g/mol. The average Bonchev–Trinajstić information content (AvgIpc) is 3.20. The number of aliphatic hydroxyl groups is 1. The molecule has 3 unspecified atom stereocenters. The van der Waals surface area contributed by atoms with Gasteiger partial charge in [0.25, 0.3) is 0 Å². The number of carbonyl (C=O) groups is 6. The number of benzene rings is 1. The van der Waals surface area contributed by atoms with Crippen LogP contribution in [0.1, 0.15) is 144 Å². The van der Waals surface area contributed by atoms with Crippen LogP contribution in [-0.4, -0.2) is 58.9 Å². The predicted molar refractivity (Wildman–Crippen MR) is 247 cm³/mol. The van der Waals surface area contributed by atoms with Crippen LogP contribution in [-0.2, 0) is 33.5 Å². The maximum Gasteiger partial charge on any atom is 0.225 e. The zero-order valence-electron chi connectivity index (χ0n) is 39.1. The van der Waals surface area contributed by atoms with Crippen LogP contribution in [0.4, 0.5) is 0 Å². The number of hydrogen-bond donors (Lipinski definition) is 2. The molecule has 2 N–H and O–H groups in total. The first-order valence-corrected chi connectivity index (χ1v) is 22.7. The number of rotatable bonds is 25. The molecule has 2 fully saturated rings. The molecule has 0 aromatic heterocycles. The average molecular weight is 854 g/mol. The third-order valence-corrected chi connectivity index (χ3v) is 12.5. The largest absolute Gasteiger partial charge is 0.356 e. The van der Waals surface area contributed by atoms with Crippen LogP contribution in [0.3, 0.4) is 0 Å². The van der Waals surface area contributed by atoms with Crippen molar-refractivity contribution < 1.29 is 38.6 Å². The number of hydrogen-bond acceptors (Lipinski definition) is 9. The number of aliphatic hydroxyl groups excluding tert-OH is 1. The van der Waals surface area contributed by atoms with Gasteiger partial charge in [0.2, 0.25) is 18.0 Å². The Morgan fingerprint density at radius 3 is 2.19 bits per heavy atom. The first-order valence-electron chi connectivity index (χ1n) is 22.7. The minimum atomic E-state index is -1.28. The first kappa shape index (κ1) is 52.2. The summed E-state index contributed by atoms with van der Waals surface area (Å²) in [6, 6.07) is 8.66. The molecule has 2 aliphatic rings. The van der Waals surface area contributed by atoms with Gasteiger partial charge in [-0.15, -0.1) is 0 Å². The molecule has 0 radical (unpaired) electrons. The van der Waals surface area contributed by atoms with Crippen molar-refractivity contribution >= 4 is 34.7 Å². The zero-order chi connectivity index (χ0) is 46.4. The minimum absolute atomic E-state index is 0.0360. The number of ketones is 6. The summed E-state index contributed by atoms with van der Waals surface area (Å²) in [5, 5.41) is 13.8. The van der Waals surface area contributed by atoms with E-state index in [1.54, 1.807) is 18.2 Å². The maximum absolute atomic E-state index is 14.1. The van der Waals surface area contributed by atoms with Crippen molar-refractivity contribution in [3.8, 4) is 0 Å². The molecule has 62 heavy (non-hydrogen) atoms. The van der Waals surface area contributed by atoms with Crippen molar-refractivity contribution in [1.29, 1.82) is 0 Å². The smallest absolute Gasteiger partial charge is 0.225 e. The van der Waals surface area contributed by atoms with E-state index >= 15 is 0 Å². The van der Waals surface area contributed by atoms with Gasteiger partial charge in [-0.1, -0.05) is 135 Å². The van der Waals surface area contributed by atoms with Crippen LogP contribution in [0.25, 0.3) is 0 Å². The van der Waals surface area contributed by atoms with Gasteiger partial charge in [-0.25, -0.2) is 0 Å². The SMILES string of the molecule is C=C(CC(=O)C/C=C/C(C(=O)C(C)C(=C)C)c1ccccc1)C(=O)C(=O)[C@H](/C=C/C(=O)[C@H]1C/C(=C/C(=O)[C@@H](NC(O)OCC(C)C)C2CCC(C)(C)CC2)CC(C)(C)C1)CCC. The summed E-state index contributed by atoms with van der Waals surface area (Å²) in [6.45, 7) is 26.2. The van der Waals surface area contributed by atoms with E-state index in [-0.39, 0.29) is 70.1 Å². The highest BCUT2D eigenvalue weighted by molar-refractivity contribution is 6.44. The zero-order valence-corrected chi connectivity index (χ0v) is 39.1. The molecule has 0 aliphatic heterocycles. The van der Waals surface area contributed by atoms with Gasteiger partial charge >= 0.3 is 0 Å². The van der Waals surface area contributed by atoms with Crippen LogP contribution >= 0.6 is 0 Å². The molecule has 9 heteroatoms. The van der Waals surface area contributed by atoms with Crippen molar-refractivity contribution in [2.75, 3.05) is 6.61 Å². The van der Waals surface area contributed by atoms with Gasteiger partial charge in [0, 0.05) is 36.2 Å². The molecule has 0 bridgehead atoms. The number of allylic oxidation sites excluding steroid dienone is 7. The number of nitrogens with one attached hydrogen (secondary N) is 1. The van der Waals surface area contributed by atoms with Gasteiger partial charge in [0.1, 0.15) is 5.78 Å². The second-order valence-corrected chi connectivity index (χ2v) is 20.0. The normalized spacial score (nSPS) is 21.0. The van der Waals surface area contributed by atoms with E-state index < -0.39 is 41.8 Å². The fourth-order valence-electron chi connectivity index (χ4n) is 8.69. The summed E-state index contributed by atoms with van der Waals surface area (Å²) >= 11 is 0. The maximum atomic E-state index is 14.1. The Morgan fingerprint density at radius 2 is 1.60 bits per heavy atom. The summed E-state index contributed by atoms with van der Waals surface area (Å²) in [7, 11) is 0. The van der Waals surface area contributed by atoms with E-state index in [1.165, 1.54) is 12.2 Å². The summed E-state index contributed by atoms with van der Waals surface area (Å²) in [5.41, 5.74) is 2.23. The van der Waals surface area contributed by atoms with Crippen LogP contribution in [0, 0.1) is 40.4 Å². The van der Waals surface area contributed by atoms with Crippen LogP contribution in [0.2, 0.25) is 0 Å². The highest BCUT2D eigenvalue weighted by Gasteiger charge is 2.38. The second-order valence-electron chi connectivity index (χ2n) is 20.0. The summed E-state index contributed by atoms with van der Waals surface area (Å²) in [6.07, 6.45) is 12.5. The third kappa shape index (κ3) is 16.5. The van der Waals surface area contributed by atoms with E-state index in [0.717, 1.165) is 42.4 Å². The van der Waals surface area contributed by atoms with E-state index in [4.69, 9.17) is 4.74 Å². The van der Waals surface area contributed by atoms with Crippen molar-refractivity contribution in [2.24, 2.45) is 40.4 Å². The number of Topliss-reactive ketones (excluding diaryl/α,β-unsaturated/α-hetero) is 4. The van der Waals surface area contributed by atoms with Crippen LogP contribution < -0.4 is 5.32 Å². The van der Waals surface area contributed by atoms with Crippen molar-refractivity contribution in [3.63, 3.8) is 0 Å². The van der Waals surface area contributed by atoms with E-state index in [9.17, 15) is 33.9 Å². The lowest BCUT2D eigenvalue weighted by Gasteiger charge is -2.39. The van der Waals surface area contributed by atoms with Crippen molar-refractivity contribution in [3.05, 3.63) is 96.2 Å². The molecule has 0 saturated heterocycles. The topological polar surface area (TPSA) is 144 Å². The van der Waals surface area contributed by atoms with Gasteiger partial charge in [0.05, 0.1) is 18.6 Å². The van der Waals surface area contributed by atoms with E-state index in [1.807, 2.05) is 65.0 Å². The fraction of sp³-hybridized carbons (Fsp3) is 0.585. The lowest BCUT2D eigenvalue weighted by molar-refractivity contribution is -0.144. The van der Waals surface area contributed by atoms with Gasteiger partial charge in [-0.3, -0.25) is 34.1 Å². The van der Waals surface area contributed by atoms with Crippen molar-refractivity contribution in [1.82, 2.24) is 5.32 Å². The molecule has 0 amide bonds. The minimum Gasteiger partial charge on any atom is -0.356 e. The highest BCUT2D eigenvalue weighted by atomic mass is 16.6. The van der Waals surface area contributed by atoms with Gasteiger partial charge in [-0.05, 0) is 98.7 Å². The van der Waals surface area contributed by atoms with E-state index in [2.05, 4.69) is 46.2 Å². The lowest BCUT2D eigenvalue weighted by atomic mass is 9.68. The Morgan fingerprint density at radius 1 is 0.952 bits per heavy atom. The first-order chi connectivity index (χ1) is 29.0. The molecule has 2 aliphatic carbocycles. The van der Waals surface area contributed by atoms with Crippen LogP contribution in [0.15, 0.2) is 90.6 Å². The molecule has 9 nitrogen and oxygen atoms in total. The van der Waals surface area contributed by atoms with Gasteiger partial charge < -0.3 is 9.84 Å². The van der Waals surface area contributed by atoms with Gasteiger partial charge in [0.15, 0.2) is 17.3 Å². The molecule has 1 aromatic carbocycles. The Labute approximate surface area is 372 Å². The molecule has 1 aromatic rings. The monoisotopic (exact) mass is 854 g/mol. The van der Waals surface area contributed by atoms with Gasteiger partial charge in [-0.2, -0.15) is 0 Å². The quantitative estimate of drug-likeness (QED) is 0.0425. The standard InChI is InChI=1S/C53H75NO8/c1-12-17-41(50(60)48(58)36(6)28-43(55)20-16-21-44(39-18-14-13-15-19-39)49(59)37(7)35(4)5)22-23-45(56)42-29-38(31-53(10,11)32-42)30-46(57)47(54-51(61)62-33-34(2)3)40-24-26-52(8,9)27-25-40/h13-16,18-19,21-23,30,34,37,40-42,44,47,51,54,61H,4,6,12,17,20,24-29,31-33H2,1-3,5,7-11H3/b21-16+,23-22+,38-30-/t37?,41-,42-,44?,47-,51?/m0/s1. The molecule has 2 saturated carbocycles. The molecule has 0 heterocycles. The van der Waals surface area contributed by atoms with Crippen LogP contribution in [0.5, 0.6) is 0 Å². The molecule has 340 valence electrons. The summed E-state index contributed by atoms with van der Waals surface area (Å²) in [5.74, 6) is -4.19. The molecule has 0 spiro atoms. The Balaban J connectivity index is 1.69. The fourth-order valence-corrected chi connectivity index (χ4v) is 8.69. The predicted octanol–water partition coefficient (Wildman–Crippen LogP) is 10.1. The van der Waals surface area contributed by atoms with E-state index in [0.29, 0.717) is 38.7 Å². The lowest BCUT2D eigenvalue weighted by Crippen LogP contribution is -2.50. The second kappa shape index (κ2) is 24.0. The number of ether oxygens (including phenoxy) is 1. The Bertz CT molecular complexity index is 1850. The third-order valence-electron chi connectivity index (χ3n) is 12.5. The molecule has 6 atom stereocenters. The Kier molecular flexibility index (Phi) is 20.2. The summed E-state index contributed by atoms with van der Waals surface area (Å²) < 4.78 is 5.60. The highest BCUT2D eigenvalue weighted by Crippen LogP contribution is 2.43. The summed E-state index contributed by atoms with van der Waals surface area (Å²) in [4.78, 5) is 81.0. The molecule has 3 rings (SSSR count). The molecular formula is C53H75NO8. The Hall–Kier alpha value is -4.18.